The van der Waals surface area contributed by atoms with Crippen LogP contribution in [0.1, 0.15) is 26.5 Å². The number of nitrogens with one attached hydrogen (secondary N) is 1. The highest BCUT2D eigenvalue weighted by Crippen LogP contribution is 2.18. The number of hydrogen-bond acceptors (Lipinski definition) is 4. The van der Waals surface area contributed by atoms with E-state index in [0.29, 0.717) is 11.6 Å². The normalized spacial score (nSPS) is 10.5. The predicted molar refractivity (Wildman–Crippen MR) is 83.6 cm³/mol. The van der Waals surface area contributed by atoms with E-state index in [0.717, 1.165) is 5.56 Å². The number of nitrogens with zero attached hydrogens (tertiary/aromatic N) is 2. The molecule has 2 rings (SSSR count). The molecule has 1 aromatic carbocycles. The molecule has 1 aromatic heterocycles. The molecular weight excluding hydrogens is 322 g/mol. The number of hydrogen-bond donors (Lipinski definition) is 2. The van der Waals surface area contributed by atoms with Gasteiger partial charge in [-0.25, -0.2) is 9.78 Å². The summed E-state index contributed by atoms with van der Waals surface area (Å²) in [5, 5.41) is 9.64. The molecule has 23 heavy (non-hydrogen) atoms. The van der Waals surface area contributed by atoms with Gasteiger partial charge in [0.25, 0.3) is 5.91 Å². The Morgan fingerprint density at radius 3 is 2.78 bits per heavy atom. The molecule has 2 aromatic rings. The monoisotopic (exact) mass is 337 g/mol. The number of aromatic carboxylic acids is 1. The number of ether oxygens (including phenoxy) is 1. The molecule has 0 bridgehead atoms. The lowest BCUT2D eigenvalue weighted by Gasteiger charge is -2.22. The largest absolute Gasteiger partial charge is 0.477 e. The van der Waals surface area contributed by atoms with E-state index in [1.807, 2.05) is 6.07 Å². The third-order valence-corrected chi connectivity index (χ3v) is 3.60. The van der Waals surface area contributed by atoms with Gasteiger partial charge in [0.2, 0.25) is 0 Å². The molecule has 2 N–H and O–H groups in total. The Balaban J connectivity index is 2.27. The van der Waals surface area contributed by atoms with E-state index >= 15 is 0 Å². The van der Waals surface area contributed by atoms with Gasteiger partial charge in [-0.15, -0.1) is 0 Å². The number of halogens is 1. The molecule has 0 aliphatic heterocycles. The molecule has 0 unspecified atom stereocenters. The lowest BCUT2D eigenvalue weighted by molar-refractivity contribution is 0.0640. The Morgan fingerprint density at radius 2 is 2.13 bits per heavy atom. The minimum absolute atomic E-state index is 0.138. The van der Waals surface area contributed by atoms with Crippen LogP contribution in [0, 0.1) is 0 Å². The van der Waals surface area contributed by atoms with Crippen molar-refractivity contribution in [3.63, 3.8) is 0 Å². The second-order valence-electron chi connectivity index (χ2n) is 4.74. The maximum atomic E-state index is 12.6. The summed E-state index contributed by atoms with van der Waals surface area (Å²) in [7, 11) is 1.52. The van der Waals surface area contributed by atoms with E-state index in [-0.39, 0.29) is 24.5 Å². The van der Waals surface area contributed by atoms with Crippen LogP contribution in [0.15, 0.2) is 30.6 Å². The molecule has 0 saturated carbocycles. The number of H-pyrrole nitrogens is 1. The van der Waals surface area contributed by atoms with Crippen molar-refractivity contribution in [1.29, 1.82) is 0 Å². The van der Waals surface area contributed by atoms with E-state index < -0.39 is 11.9 Å². The van der Waals surface area contributed by atoms with Crippen molar-refractivity contribution in [2.24, 2.45) is 0 Å². The molecule has 1 amide bonds. The number of benzene rings is 1. The van der Waals surface area contributed by atoms with Crippen LogP contribution in [0.5, 0.6) is 0 Å². The molecule has 7 nitrogen and oxygen atoms in total. The van der Waals surface area contributed by atoms with Crippen molar-refractivity contribution < 1.29 is 19.4 Å². The molecule has 0 saturated heterocycles. The number of carboxylic acid groups (broad SMARTS) is 1. The quantitative estimate of drug-likeness (QED) is 0.806. The van der Waals surface area contributed by atoms with Crippen molar-refractivity contribution in [3.05, 3.63) is 52.6 Å². The van der Waals surface area contributed by atoms with Crippen molar-refractivity contribution in [2.75, 3.05) is 20.3 Å². The van der Waals surface area contributed by atoms with Gasteiger partial charge in [-0.2, -0.15) is 0 Å². The first-order chi connectivity index (χ1) is 11.0. The number of aromatic amines is 1. The summed E-state index contributed by atoms with van der Waals surface area (Å²) in [5.41, 5.74) is 0.378. The lowest BCUT2D eigenvalue weighted by Crippen LogP contribution is -2.34. The minimum Gasteiger partial charge on any atom is -0.477 e. The Morgan fingerprint density at radius 1 is 1.39 bits per heavy atom. The Labute approximate surface area is 137 Å². The third-order valence-electron chi connectivity index (χ3n) is 3.23. The Bertz CT molecular complexity index is 702. The maximum absolute atomic E-state index is 12.6. The summed E-state index contributed by atoms with van der Waals surface area (Å²) in [5.74, 6) is -1.74. The molecule has 0 aliphatic rings. The van der Waals surface area contributed by atoms with Gasteiger partial charge in [0.15, 0.2) is 11.4 Å². The molecule has 0 spiro atoms. The molecular formula is C15H16ClN3O4. The lowest BCUT2D eigenvalue weighted by atomic mass is 10.2. The molecule has 0 fully saturated rings. The van der Waals surface area contributed by atoms with E-state index in [2.05, 4.69) is 9.97 Å². The number of amides is 1. The summed E-state index contributed by atoms with van der Waals surface area (Å²) >= 11 is 6.13. The number of aromatic nitrogens is 2. The highest BCUT2D eigenvalue weighted by molar-refractivity contribution is 6.31. The van der Waals surface area contributed by atoms with E-state index in [4.69, 9.17) is 21.4 Å². The predicted octanol–water partition coefficient (Wildman–Crippen LogP) is 2.05. The van der Waals surface area contributed by atoms with Gasteiger partial charge in [0, 0.05) is 25.2 Å². The van der Waals surface area contributed by atoms with E-state index in [1.165, 1.54) is 18.3 Å². The van der Waals surface area contributed by atoms with Gasteiger partial charge in [0.05, 0.1) is 12.9 Å². The summed E-state index contributed by atoms with van der Waals surface area (Å²) in [6.45, 7) is 0.823. The van der Waals surface area contributed by atoms with Gasteiger partial charge in [-0.3, -0.25) is 4.79 Å². The molecule has 8 heteroatoms. The number of rotatable bonds is 7. The Kier molecular flexibility index (Phi) is 5.72. The van der Waals surface area contributed by atoms with Crippen LogP contribution in [-0.4, -0.2) is 52.1 Å². The third kappa shape index (κ3) is 4.08. The van der Waals surface area contributed by atoms with Gasteiger partial charge in [-0.1, -0.05) is 29.8 Å². The maximum Gasteiger partial charge on any atom is 0.354 e. The van der Waals surface area contributed by atoms with Crippen LogP contribution in [0.25, 0.3) is 0 Å². The zero-order chi connectivity index (χ0) is 16.8. The van der Waals surface area contributed by atoms with E-state index in [9.17, 15) is 9.59 Å². The summed E-state index contributed by atoms with van der Waals surface area (Å²) in [4.78, 5) is 31.5. The smallest absolute Gasteiger partial charge is 0.354 e. The number of carboxylic acids is 1. The van der Waals surface area contributed by atoms with Crippen molar-refractivity contribution in [3.8, 4) is 0 Å². The van der Waals surface area contributed by atoms with Gasteiger partial charge in [-0.05, 0) is 11.6 Å². The molecule has 0 atom stereocenters. The van der Waals surface area contributed by atoms with Gasteiger partial charge < -0.3 is 19.7 Å². The topological polar surface area (TPSA) is 95.5 Å². The van der Waals surface area contributed by atoms with Crippen LogP contribution in [0.2, 0.25) is 5.02 Å². The Hall–Kier alpha value is -2.38. The first-order valence-corrected chi connectivity index (χ1v) is 7.20. The fourth-order valence-corrected chi connectivity index (χ4v) is 2.25. The van der Waals surface area contributed by atoms with Crippen molar-refractivity contribution in [2.45, 2.75) is 6.54 Å². The zero-order valence-electron chi connectivity index (χ0n) is 12.5. The van der Waals surface area contributed by atoms with Crippen LogP contribution in [-0.2, 0) is 11.3 Å². The molecule has 0 radical (unpaired) electrons. The minimum atomic E-state index is -1.24. The molecule has 1 heterocycles. The number of methoxy groups -OCH3 is 1. The van der Waals surface area contributed by atoms with Crippen LogP contribution in [0.3, 0.4) is 0 Å². The highest BCUT2D eigenvalue weighted by atomic mass is 35.5. The second kappa shape index (κ2) is 7.75. The van der Waals surface area contributed by atoms with Crippen LogP contribution >= 0.6 is 11.6 Å². The SMILES string of the molecule is COCCN(Cc1ccccc1Cl)C(=O)c1nc[nH]c1C(=O)O. The van der Waals surface area contributed by atoms with Gasteiger partial charge in [0.1, 0.15) is 0 Å². The first-order valence-electron chi connectivity index (χ1n) is 6.83. The van der Waals surface area contributed by atoms with Crippen molar-refractivity contribution >= 4 is 23.5 Å². The first kappa shape index (κ1) is 17.0. The summed E-state index contributed by atoms with van der Waals surface area (Å²) in [6, 6.07) is 7.14. The number of imidazole rings is 1. The highest BCUT2D eigenvalue weighted by Gasteiger charge is 2.25. The summed E-state index contributed by atoms with van der Waals surface area (Å²) < 4.78 is 5.01. The fraction of sp³-hybridized carbons (Fsp3) is 0.267. The van der Waals surface area contributed by atoms with E-state index in [1.54, 1.807) is 18.2 Å². The van der Waals surface area contributed by atoms with Gasteiger partial charge >= 0.3 is 5.97 Å². The van der Waals surface area contributed by atoms with Crippen LogP contribution < -0.4 is 0 Å². The zero-order valence-corrected chi connectivity index (χ0v) is 13.2. The summed E-state index contributed by atoms with van der Waals surface area (Å²) in [6.07, 6.45) is 1.18. The van der Waals surface area contributed by atoms with Crippen molar-refractivity contribution in [1.82, 2.24) is 14.9 Å². The average Bonchev–Trinajstić information content (AvgIpc) is 3.02. The van der Waals surface area contributed by atoms with Crippen LogP contribution in [0.4, 0.5) is 0 Å². The second-order valence-corrected chi connectivity index (χ2v) is 5.15. The average molecular weight is 338 g/mol. The molecule has 0 aliphatic carbocycles. The standard InChI is InChI=1S/C15H16ClN3O4/c1-23-7-6-19(8-10-4-2-3-5-11(10)16)14(20)12-13(15(21)22)18-9-17-12/h2-5,9H,6-8H2,1H3,(H,17,18)(H,21,22). The number of carbonyl (C=O) groups is 2. The number of carbonyl (C=O) groups excluding carboxylic acids is 1. The fourth-order valence-electron chi connectivity index (χ4n) is 2.06. The molecule has 122 valence electrons.